The average Bonchev–Trinajstić information content (AvgIpc) is 2.10. The van der Waals surface area contributed by atoms with Gasteiger partial charge in [-0.1, -0.05) is 33.1 Å². The minimum Gasteiger partial charge on any atom is -0.396 e. The van der Waals surface area contributed by atoms with E-state index in [0.29, 0.717) is 6.61 Å². The molecule has 1 N–H and O–H groups in total. The second kappa shape index (κ2) is 9.01. The molecule has 0 saturated carbocycles. The summed E-state index contributed by atoms with van der Waals surface area (Å²) >= 11 is 0. The van der Waals surface area contributed by atoms with Gasteiger partial charge < -0.3 is 9.84 Å². The molecule has 2 heteroatoms. The highest BCUT2D eigenvalue weighted by Gasteiger charge is 1.98. The van der Waals surface area contributed by atoms with Crippen LogP contribution in [0.2, 0.25) is 0 Å². The fourth-order valence-corrected chi connectivity index (χ4v) is 0.968. The zero-order valence-corrected chi connectivity index (χ0v) is 8.38. The van der Waals surface area contributed by atoms with E-state index in [2.05, 4.69) is 6.92 Å². The van der Waals surface area contributed by atoms with Crippen molar-refractivity contribution in [1.82, 2.24) is 0 Å². The second-order valence-corrected chi connectivity index (χ2v) is 3.42. The smallest absolute Gasteiger partial charge is 0.0513 e. The van der Waals surface area contributed by atoms with Crippen molar-refractivity contribution in [2.24, 2.45) is 5.92 Å². The summed E-state index contributed by atoms with van der Waals surface area (Å²) in [6.45, 7) is 5.97. The molecule has 0 spiro atoms. The largest absolute Gasteiger partial charge is 0.396 e. The number of aliphatic hydroxyl groups is 1. The maximum atomic E-state index is 8.70. The molecule has 0 fully saturated rings. The third kappa shape index (κ3) is 8.02. The van der Waals surface area contributed by atoms with E-state index in [9.17, 15) is 0 Å². The molecular formula is C10H22O2. The molecule has 0 aromatic carbocycles. The van der Waals surface area contributed by atoms with E-state index in [0.717, 1.165) is 13.0 Å². The monoisotopic (exact) mass is 174 g/mol. The molecular weight excluding hydrogens is 152 g/mol. The third-order valence-electron chi connectivity index (χ3n) is 1.86. The van der Waals surface area contributed by atoms with Gasteiger partial charge in [-0.15, -0.1) is 0 Å². The second-order valence-electron chi connectivity index (χ2n) is 3.42. The zero-order chi connectivity index (χ0) is 9.23. The van der Waals surface area contributed by atoms with Crippen LogP contribution in [0.1, 0.15) is 39.5 Å². The van der Waals surface area contributed by atoms with Gasteiger partial charge in [0.1, 0.15) is 0 Å². The Morgan fingerprint density at radius 2 is 2.00 bits per heavy atom. The molecule has 74 valence electrons. The first-order chi connectivity index (χ1) is 5.81. The lowest BCUT2D eigenvalue weighted by atomic mass is 10.2. The van der Waals surface area contributed by atoms with Gasteiger partial charge in [-0.3, -0.25) is 0 Å². The van der Waals surface area contributed by atoms with Crippen LogP contribution in [0.4, 0.5) is 0 Å². The van der Waals surface area contributed by atoms with Crippen LogP contribution >= 0.6 is 0 Å². The third-order valence-corrected chi connectivity index (χ3v) is 1.86. The molecule has 2 nitrogen and oxygen atoms in total. The maximum absolute atomic E-state index is 8.70. The molecule has 0 bridgehead atoms. The van der Waals surface area contributed by atoms with E-state index < -0.39 is 0 Å². The topological polar surface area (TPSA) is 29.5 Å². The minimum atomic E-state index is 0.231. The Morgan fingerprint density at radius 1 is 1.25 bits per heavy atom. The predicted molar refractivity (Wildman–Crippen MR) is 51.2 cm³/mol. The van der Waals surface area contributed by atoms with Crippen LogP contribution in [0.3, 0.4) is 0 Å². The summed E-state index contributed by atoms with van der Waals surface area (Å²) < 4.78 is 5.37. The summed E-state index contributed by atoms with van der Waals surface area (Å²) in [5, 5.41) is 8.70. The Bertz CT molecular complexity index is 83.9. The van der Waals surface area contributed by atoms with Crippen LogP contribution in [0, 0.1) is 5.92 Å². The highest BCUT2D eigenvalue weighted by atomic mass is 16.5. The van der Waals surface area contributed by atoms with Crippen LogP contribution < -0.4 is 0 Å². The zero-order valence-electron chi connectivity index (χ0n) is 8.38. The Hall–Kier alpha value is -0.0800. The van der Waals surface area contributed by atoms with E-state index in [1.54, 1.807) is 0 Å². The van der Waals surface area contributed by atoms with Crippen molar-refractivity contribution in [3.8, 4) is 0 Å². The number of hydrogen-bond donors (Lipinski definition) is 1. The molecule has 12 heavy (non-hydrogen) atoms. The van der Waals surface area contributed by atoms with Crippen LogP contribution in [-0.4, -0.2) is 24.9 Å². The van der Waals surface area contributed by atoms with Crippen LogP contribution in [-0.2, 0) is 4.74 Å². The first kappa shape index (κ1) is 11.9. The lowest BCUT2D eigenvalue weighted by Crippen LogP contribution is -2.10. The number of hydrogen-bond acceptors (Lipinski definition) is 2. The SMILES string of the molecule is CCCCCCOCC(C)CO. The fourth-order valence-electron chi connectivity index (χ4n) is 0.968. The normalized spacial score (nSPS) is 13.2. The summed E-state index contributed by atoms with van der Waals surface area (Å²) in [6, 6.07) is 0. The summed E-state index contributed by atoms with van der Waals surface area (Å²) in [6.07, 6.45) is 5.00. The van der Waals surface area contributed by atoms with E-state index in [-0.39, 0.29) is 12.5 Å². The Kier molecular flexibility index (Phi) is 8.95. The van der Waals surface area contributed by atoms with E-state index in [4.69, 9.17) is 9.84 Å². The molecule has 0 aliphatic rings. The highest BCUT2D eigenvalue weighted by molar-refractivity contribution is 4.46. The molecule has 1 atom stereocenters. The van der Waals surface area contributed by atoms with Crippen molar-refractivity contribution in [1.29, 1.82) is 0 Å². The fraction of sp³-hybridized carbons (Fsp3) is 1.00. The molecule has 0 rings (SSSR count). The minimum absolute atomic E-state index is 0.231. The number of aliphatic hydroxyl groups excluding tert-OH is 1. The summed E-state index contributed by atoms with van der Waals surface area (Å²) in [7, 11) is 0. The summed E-state index contributed by atoms with van der Waals surface area (Å²) in [5.74, 6) is 0.288. The van der Waals surface area contributed by atoms with Gasteiger partial charge in [0.05, 0.1) is 6.61 Å². The van der Waals surface area contributed by atoms with Crippen molar-refractivity contribution in [3.05, 3.63) is 0 Å². The molecule has 0 aliphatic heterocycles. The van der Waals surface area contributed by atoms with E-state index >= 15 is 0 Å². The van der Waals surface area contributed by atoms with Crippen LogP contribution in [0.5, 0.6) is 0 Å². The standard InChI is InChI=1S/C10H22O2/c1-3-4-5-6-7-12-9-10(2)8-11/h10-11H,3-9H2,1-2H3. The molecule has 0 aromatic rings. The maximum Gasteiger partial charge on any atom is 0.0513 e. The van der Waals surface area contributed by atoms with Crippen molar-refractivity contribution in [2.45, 2.75) is 39.5 Å². The lowest BCUT2D eigenvalue weighted by molar-refractivity contribution is 0.0775. The van der Waals surface area contributed by atoms with Crippen molar-refractivity contribution < 1.29 is 9.84 Å². The molecule has 0 aromatic heterocycles. The summed E-state index contributed by atoms with van der Waals surface area (Å²) in [4.78, 5) is 0. The first-order valence-corrected chi connectivity index (χ1v) is 4.99. The van der Waals surface area contributed by atoms with Gasteiger partial charge in [-0.25, -0.2) is 0 Å². The van der Waals surface area contributed by atoms with Crippen LogP contribution in [0.15, 0.2) is 0 Å². The van der Waals surface area contributed by atoms with Gasteiger partial charge in [-0.2, -0.15) is 0 Å². The van der Waals surface area contributed by atoms with Gasteiger partial charge in [-0.05, 0) is 6.42 Å². The molecule has 0 saturated heterocycles. The number of rotatable bonds is 8. The van der Waals surface area contributed by atoms with Crippen molar-refractivity contribution >= 4 is 0 Å². The van der Waals surface area contributed by atoms with E-state index in [1.807, 2.05) is 6.92 Å². The Morgan fingerprint density at radius 3 is 2.58 bits per heavy atom. The average molecular weight is 174 g/mol. The van der Waals surface area contributed by atoms with Gasteiger partial charge in [0.2, 0.25) is 0 Å². The highest BCUT2D eigenvalue weighted by Crippen LogP contribution is 2.00. The number of ether oxygens (including phenoxy) is 1. The molecule has 1 unspecified atom stereocenters. The van der Waals surface area contributed by atoms with Gasteiger partial charge >= 0.3 is 0 Å². The predicted octanol–water partition coefficient (Wildman–Crippen LogP) is 2.21. The molecule has 0 heterocycles. The first-order valence-electron chi connectivity index (χ1n) is 4.99. The Balaban J connectivity index is 2.90. The van der Waals surface area contributed by atoms with Gasteiger partial charge in [0, 0.05) is 19.1 Å². The summed E-state index contributed by atoms with van der Waals surface area (Å²) in [5.41, 5.74) is 0. The molecule has 0 aliphatic carbocycles. The molecule has 0 amide bonds. The lowest BCUT2D eigenvalue weighted by Gasteiger charge is -2.08. The number of unbranched alkanes of at least 4 members (excludes halogenated alkanes) is 3. The van der Waals surface area contributed by atoms with E-state index in [1.165, 1.54) is 19.3 Å². The van der Waals surface area contributed by atoms with Crippen LogP contribution in [0.25, 0.3) is 0 Å². The van der Waals surface area contributed by atoms with Crippen molar-refractivity contribution in [2.75, 3.05) is 19.8 Å². The van der Waals surface area contributed by atoms with Gasteiger partial charge in [0.25, 0.3) is 0 Å². The Labute approximate surface area is 75.9 Å². The quantitative estimate of drug-likeness (QED) is 0.572. The van der Waals surface area contributed by atoms with Gasteiger partial charge in [0.15, 0.2) is 0 Å². The van der Waals surface area contributed by atoms with Crippen molar-refractivity contribution in [3.63, 3.8) is 0 Å². The molecule has 0 radical (unpaired) electrons.